The molecule has 6 heteroatoms. The van der Waals surface area contributed by atoms with Crippen LogP contribution >= 0.6 is 0 Å². The summed E-state index contributed by atoms with van der Waals surface area (Å²) in [7, 11) is 1.74. The fraction of sp³-hybridized carbons (Fsp3) is 0.846. The van der Waals surface area contributed by atoms with Crippen molar-refractivity contribution in [2.75, 3.05) is 20.2 Å². The summed E-state index contributed by atoms with van der Waals surface area (Å²) in [5, 5.41) is 9.36. The summed E-state index contributed by atoms with van der Waals surface area (Å²) in [5.74, 6) is 1.31. The van der Waals surface area contributed by atoms with E-state index in [1.54, 1.807) is 14.0 Å². The number of hydrogen-bond donors (Lipinski definition) is 3. The van der Waals surface area contributed by atoms with E-state index in [0.29, 0.717) is 25.1 Å². The number of ether oxygens (including phenoxy) is 1. The third kappa shape index (κ3) is 6.31. The van der Waals surface area contributed by atoms with Gasteiger partial charge in [-0.2, -0.15) is 0 Å². The van der Waals surface area contributed by atoms with Crippen LogP contribution in [0.15, 0.2) is 4.99 Å². The number of aliphatic imine (C=N–C) groups is 1. The highest BCUT2D eigenvalue weighted by molar-refractivity contribution is 5.80. The highest BCUT2D eigenvalue weighted by Gasteiger charge is 2.32. The van der Waals surface area contributed by atoms with E-state index in [0.717, 1.165) is 18.8 Å². The number of amides is 1. The quantitative estimate of drug-likeness (QED) is 0.499. The van der Waals surface area contributed by atoms with Crippen LogP contribution in [0.4, 0.5) is 4.79 Å². The summed E-state index contributed by atoms with van der Waals surface area (Å²) in [6.45, 7) is 6.98. The number of alkyl carbamates (subject to hydrolysis) is 1. The van der Waals surface area contributed by atoms with Crippen LogP contribution in [0.1, 0.15) is 33.6 Å². The van der Waals surface area contributed by atoms with E-state index in [9.17, 15) is 4.79 Å². The fourth-order valence-electron chi connectivity index (χ4n) is 1.83. The molecule has 0 saturated heterocycles. The zero-order valence-corrected chi connectivity index (χ0v) is 12.3. The second-order valence-corrected chi connectivity index (χ2v) is 5.06. The van der Waals surface area contributed by atoms with Crippen LogP contribution in [0.25, 0.3) is 0 Å². The molecule has 6 nitrogen and oxygen atoms in total. The SMILES string of the molecule is CCOC(=O)NC(CNC(=NC)NC(C)C)C1CC1. The van der Waals surface area contributed by atoms with Crippen LogP contribution in [0, 0.1) is 5.92 Å². The van der Waals surface area contributed by atoms with Crippen LogP contribution in [-0.4, -0.2) is 44.3 Å². The van der Waals surface area contributed by atoms with Gasteiger partial charge in [0.25, 0.3) is 0 Å². The summed E-state index contributed by atoms with van der Waals surface area (Å²) in [6, 6.07) is 0.424. The maximum absolute atomic E-state index is 11.5. The van der Waals surface area contributed by atoms with Gasteiger partial charge in [0.1, 0.15) is 0 Å². The lowest BCUT2D eigenvalue weighted by Crippen LogP contribution is -2.49. The Hall–Kier alpha value is -1.46. The molecule has 3 N–H and O–H groups in total. The molecule has 0 aromatic rings. The molecule has 1 aliphatic rings. The van der Waals surface area contributed by atoms with Gasteiger partial charge in [-0.1, -0.05) is 0 Å². The van der Waals surface area contributed by atoms with Crippen LogP contribution in [-0.2, 0) is 4.74 Å². The molecule has 1 unspecified atom stereocenters. The first-order valence-corrected chi connectivity index (χ1v) is 6.97. The van der Waals surface area contributed by atoms with Crippen LogP contribution in [0.5, 0.6) is 0 Å². The Kier molecular flexibility index (Phi) is 6.45. The first kappa shape index (κ1) is 15.6. The molecule has 1 amide bonds. The van der Waals surface area contributed by atoms with E-state index >= 15 is 0 Å². The zero-order valence-electron chi connectivity index (χ0n) is 12.3. The van der Waals surface area contributed by atoms with Gasteiger partial charge in [-0.15, -0.1) is 0 Å². The summed E-state index contributed by atoms with van der Waals surface area (Å²) in [6.07, 6.45) is 1.98. The maximum atomic E-state index is 11.5. The minimum absolute atomic E-state index is 0.102. The predicted octanol–water partition coefficient (Wildman–Crippen LogP) is 1.08. The lowest BCUT2D eigenvalue weighted by molar-refractivity contribution is 0.146. The minimum Gasteiger partial charge on any atom is -0.450 e. The van der Waals surface area contributed by atoms with E-state index in [1.165, 1.54) is 0 Å². The van der Waals surface area contributed by atoms with E-state index in [-0.39, 0.29) is 12.1 Å². The van der Waals surface area contributed by atoms with Crippen molar-refractivity contribution in [2.45, 2.75) is 45.7 Å². The average Bonchev–Trinajstić information content (AvgIpc) is 3.16. The van der Waals surface area contributed by atoms with Crippen molar-refractivity contribution in [3.05, 3.63) is 0 Å². The van der Waals surface area contributed by atoms with Crippen molar-refractivity contribution in [1.29, 1.82) is 0 Å². The number of carbonyl (C=O) groups is 1. The zero-order chi connectivity index (χ0) is 14.3. The maximum Gasteiger partial charge on any atom is 0.407 e. The standard InChI is InChI=1S/C13H26N4O2/c1-5-19-13(18)17-11(10-6-7-10)8-15-12(14-4)16-9(2)3/h9-11H,5-8H2,1-4H3,(H,17,18)(H2,14,15,16). The first-order chi connectivity index (χ1) is 9.06. The summed E-state index contributed by atoms with van der Waals surface area (Å²) in [4.78, 5) is 15.6. The Morgan fingerprint density at radius 3 is 2.53 bits per heavy atom. The molecular formula is C13H26N4O2. The largest absolute Gasteiger partial charge is 0.450 e. The molecule has 19 heavy (non-hydrogen) atoms. The molecule has 0 radical (unpaired) electrons. The molecule has 0 heterocycles. The number of nitrogens with one attached hydrogen (secondary N) is 3. The Labute approximate surface area is 115 Å². The van der Waals surface area contributed by atoms with Crippen molar-refractivity contribution in [3.8, 4) is 0 Å². The second-order valence-electron chi connectivity index (χ2n) is 5.06. The van der Waals surface area contributed by atoms with Gasteiger partial charge in [0.2, 0.25) is 0 Å². The Morgan fingerprint density at radius 1 is 1.37 bits per heavy atom. The molecule has 1 rings (SSSR count). The van der Waals surface area contributed by atoms with E-state index in [4.69, 9.17) is 4.74 Å². The molecule has 0 aliphatic heterocycles. The summed E-state index contributed by atoms with van der Waals surface area (Å²) < 4.78 is 4.92. The van der Waals surface area contributed by atoms with Crippen molar-refractivity contribution < 1.29 is 9.53 Å². The molecule has 1 aliphatic carbocycles. The molecule has 1 saturated carbocycles. The fourth-order valence-corrected chi connectivity index (χ4v) is 1.83. The van der Waals surface area contributed by atoms with Gasteiger partial charge in [0, 0.05) is 19.6 Å². The third-order valence-corrected chi connectivity index (χ3v) is 2.91. The normalized spacial score (nSPS) is 17.0. The highest BCUT2D eigenvalue weighted by atomic mass is 16.5. The first-order valence-electron chi connectivity index (χ1n) is 6.97. The molecule has 110 valence electrons. The molecule has 1 atom stereocenters. The molecule has 0 aromatic heterocycles. The monoisotopic (exact) mass is 270 g/mol. The molecule has 0 spiro atoms. The van der Waals surface area contributed by atoms with Gasteiger partial charge in [0.15, 0.2) is 5.96 Å². The van der Waals surface area contributed by atoms with Gasteiger partial charge in [0.05, 0.1) is 12.6 Å². The van der Waals surface area contributed by atoms with E-state index < -0.39 is 0 Å². The summed E-state index contributed by atoms with van der Waals surface area (Å²) >= 11 is 0. The number of hydrogen-bond acceptors (Lipinski definition) is 3. The lowest BCUT2D eigenvalue weighted by Gasteiger charge is -2.21. The smallest absolute Gasteiger partial charge is 0.407 e. The van der Waals surface area contributed by atoms with Crippen molar-refractivity contribution >= 4 is 12.1 Å². The second kappa shape index (κ2) is 7.86. The highest BCUT2D eigenvalue weighted by Crippen LogP contribution is 2.32. The molecular weight excluding hydrogens is 244 g/mol. The Morgan fingerprint density at radius 2 is 2.05 bits per heavy atom. The number of guanidine groups is 1. The molecule has 0 aromatic carbocycles. The van der Waals surface area contributed by atoms with Crippen molar-refractivity contribution in [1.82, 2.24) is 16.0 Å². The Bertz CT molecular complexity index is 314. The van der Waals surface area contributed by atoms with Crippen LogP contribution < -0.4 is 16.0 Å². The van der Waals surface area contributed by atoms with E-state index in [2.05, 4.69) is 34.8 Å². The third-order valence-electron chi connectivity index (χ3n) is 2.91. The van der Waals surface area contributed by atoms with Gasteiger partial charge in [-0.25, -0.2) is 4.79 Å². The van der Waals surface area contributed by atoms with Crippen LogP contribution in [0.3, 0.4) is 0 Å². The average molecular weight is 270 g/mol. The summed E-state index contributed by atoms with van der Waals surface area (Å²) in [5.41, 5.74) is 0. The van der Waals surface area contributed by atoms with Crippen LogP contribution in [0.2, 0.25) is 0 Å². The number of carbonyl (C=O) groups excluding carboxylic acids is 1. The van der Waals surface area contributed by atoms with Gasteiger partial charge in [-0.05, 0) is 39.5 Å². The topological polar surface area (TPSA) is 74.8 Å². The number of rotatable bonds is 6. The van der Waals surface area contributed by atoms with Gasteiger partial charge >= 0.3 is 6.09 Å². The van der Waals surface area contributed by atoms with Gasteiger partial charge in [-0.3, -0.25) is 4.99 Å². The molecule has 0 bridgehead atoms. The lowest BCUT2D eigenvalue weighted by atomic mass is 10.2. The van der Waals surface area contributed by atoms with E-state index in [1.807, 2.05) is 0 Å². The minimum atomic E-state index is -0.340. The van der Waals surface area contributed by atoms with Crippen molar-refractivity contribution in [2.24, 2.45) is 10.9 Å². The predicted molar refractivity (Wildman–Crippen MR) is 76.3 cm³/mol. The molecule has 1 fully saturated rings. The Balaban J connectivity index is 2.39. The number of nitrogens with zero attached hydrogens (tertiary/aromatic N) is 1. The van der Waals surface area contributed by atoms with Crippen molar-refractivity contribution in [3.63, 3.8) is 0 Å². The van der Waals surface area contributed by atoms with Gasteiger partial charge < -0.3 is 20.7 Å².